The molecule has 0 saturated carbocycles. The molecular weight excluding hydrogens is 278 g/mol. The minimum absolute atomic E-state index is 0.0521. The summed E-state index contributed by atoms with van der Waals surface area (Å²) < 4.78 is 26.9. The quantitative estimate of drug-likeness (QED) is 0.782. The Kier molecular flexibility index (Phi) is 4.29. The number of carbonyl (C=O) groups excluding carboxylic acids is 1. The van der Waals surface area contributed by atoms with E-state index in [0.717, 1.165) is 0 Å². The van der Waals surface area contributed by atoms with Crippen molar-refractivity contribution in [1.29, 1.82) is 0 Å². The number of hydrogen-bond donors (Lipinski definition) is 2. The molecule has 1 atom stereocenters. The maximum Gasteiger partial charge on any atom is 0.222 e. The molecular formula is C13H19N3O3S. The van der Waals surface area contributed by atoms with Gasteiger partial charge >= 0.3 is 0 Å². The summed E-state index contributed by atoms with van der Waals surface area (Å²) in [6.45, 7) is 0.412. The van der Waals surface area contributed by atoms with E-state index < -0.39 is 10.0 Å². The standard InChI is InChI=1S/C13H19N3O3S/c1-16-8-12(5-6-13(16)17)15-20(18,19)9-10-3-2-4-11(14)7-10/h2-4,7,12,15H,5-6,8-9,14H2,1H3. The van der Waals surface area contributed by atoms with E-state index in [4.69, 9.17) is 5.73 Å². The maximum atomic E-state index is 12.1. The van der Waals surface area contributed by atoms with Crippen LogP contribution in [-0.2, 0) is 20.6 Å². The molecule has 1 unspecified atom stereocenters. The summed E-state index contributed by atoms with van der Waals surface area (Å²) >= 11 is 0. The highest BCUT2D eigenvalue weighted by Crippen LogP contribution is 2.13. The number of nitrogens with one attached hydrogen (secondary N) is 1. The van der Waals surface area contributed by atoms with Crippen LogP contribution in [0.25, 0.3) is 0 Å². The second-order valence-electron chi connectivity index (χ2n) is 5.13. The molecule has 1 aliphatic rings. The molecule has 0 aromatic heterocycles. The Labute approximate surface area is 119 Å². The van der Waals surface area contributed by atoms with Gasteiger partial charge in [-0.25, -0.2) is 13.1 Å². The summed E-state index contributed by atoms with van der Waals surface area (Å²) in [6, 6.07) is 6.60. The fourth-order valence-corrected chi connectivity index (χ4v) is 3.71. The van der Waals surface area contributed by atoms with Crippen molar-refractivity contribution in [3.8, 4) is 0 Å². The maximum absolute atomic E-state index is 12.1. The van der Waals surface area contributed by atoms with Gasteiger partial charge in [-0.05, 0) is 24.1 Å². The SMILES string of the molecule is CN1CC(NS(=O)(=O)Cc2cccc(N)c2)CCC1=O. The van der Waals surface area contributed by atoms with E-state index in [1.165, 1.54) is 0 Å². The van der Waals surface area contributed by atoms with Crippen molar-refractivity contribution >= 4 is 21.6 Å². The fourth-order valence-electron chi connectivity index (χ4n) is 2.31. The van der Waals surface area contributed by atoms with Crippen molar-refractivity contribution in [2.75, 3.05) is 19.3 Å². The fraction of sp³-hybridized carbons (Fsp3) is 0.462. The molecule has 1 fully saturated rings. The lowest BCUT2D eigenvalue weighted by atomic mass is 10.1. The van der Waals surface area contributed by atoms with E-state index in [2.05, 4.69) is 4.72 Å². The number of nitrogen functional groups attached to an aromatic ring is 1. The Morgan fingerprint density at radius 2 is 2.20 bits per heavy atom. The van der Waals surface area contributed by atoms with E-state index in [1.807, 2.05) is 0 Å². The van der Waals surface area contributed by atoms with Gasteiger partial charge in [-0.3, -0.25) is 4.79 Å². The first kappa shape index (κ1) is 14.8. The number of amides is 1. The first-order chi connectivity index (χ1) is 9.35. The van der Waals surface area contributed by atoms with Gasteiger partial charge < -0.3 is 10.6 Å². The molecule has 0 spiro atoms. The summed E-state index contributed by atoms with van der Waals surface area (Å²) in [6.07, 6.45) is 0.918. The van der Waals surface area contributed by atoms with Crippen LogP contribution < -0.4 is 10.5 Å². The molecule has 0 aliphatic carbocycles. The van der Waals surface area contributed by atoms with Gasteiger partial charge in [0.15, 0.2) is 0 Å². The van der Waals surface area contributed by atoms with Gasteiger partial charge in [0, 0.05) is 31.7 Å². The lowest BCUT2D eigenvalue weighted by Gasteiger charge is -2.29. The van der Waals surface area contributed by atoms with Crippen molar-refractivity contribution in [2.45, 2.75) is 24.6 Å². The van der Waals surface area contributed by atoms with Crippen LogP contribution in [0.2, 0.25) is 0 Å². The molecule has 110 valence electrons. The summed E-state index contributed by atoms with van der Waals surface area (Å²) in [5.41, 5.74) is 6.83. The number of piperidine rings is 1. The molecule has 1 heterocycles. The van der Waals surface area contributed by atoms with Crippen LogP contribution in [0.4, 0.5) is 5.69 Å². The van der Waals surface area contributed by atoms with Gasteiger partial charge in [0.25, 0.3) is 0 Å². The van der Waals surface area contributed by atoms with E-state index >= 15 is 0 Å². The highest BCUT2D eigenvalue weighted by atomic mass is 32.2. The number of nitrogens with two attached hydrogens (primary N) is 1. The molecule has 3 N–H and O–H groups in total. The summed E-state index contributed by atoms with van der Waals surface area (Å²) in [5, 5.41) is 0. The second kappa shape index (κ2) is 5.80. The molecule has 7 heteroatoms. The third kappa shape index (κ3) is 3.94. The summed E-state index contributed by atoms with van der Waals surface area (Å²) in [4.78, 5) is 12.9. The first-order valence-electron chi connectivity index (χ1n) is 6.44. The Balaban J connectivity index is 1.99. The number of rotatable bonds is 4. The van der Waals surface area contributed by atoms with Gasteiger partial charge in [-0.15, -0.1) is 0 Å². The molecule has 2 rings (SSSR count). The van der Waals surface area contributed by atoms with Gasteiger partial charge in [-0.2, -0.15) is 0 Å². The zero-order valence-corrected chi connectivity index (χ0v) is 12.2. The Bertz CT molecular complexity index is 601. The van der Waals surface area contributed by atoms with Crippen molar-refractivity contribution in [3.05, 3.63) is 29.8 Å². The highest BCUT2D eigenvalue weighted by Gasteiger charge is 2.26. The highest BCUT2D eigenvalue weighted by molar-refractivity contribution is 7.88. The normalized spacial score (nSPS) is 20.1. The minimum atomic E-state index is -3.44. The molecule has 0 radical (unpaired) electrons. The van der Waals surface area contributed by atoms with Crippen LogP contribution in [0.15, 0.2) is 24.3 Å². The van der Waals surface area contributed by atoms with Crippen LogP contribution in [0.3, 0.4) is 0 Å². The average Bonchev–Trinajstić information content (AvgIpc) is 2.33. The molecule has 1 amide bonds. The molecule has 1 aromatic carbocycles. The molecule has 20 heavy (non-hydrogen) atoms. The van der Waals surface area contributed by atoms with Crippen LogP contribution >= 0.6 is 0 Å². The van der Waals surface area contributed by atoms with Crippen molar-refractivity contribution in [2.24, 2.45) is 0 Å². The van der Waals surface area contributed by atoms with Crippen molar-refractivity contribution in [1.82, 2.24) is 9.62 Å². The molecule has 6 nitrogen and oxygen atoms in total. The summed E-state index contributed by atoms with van der Waals surface area (Å²) in [5.74, 6) is -0.0528. The van der Waals surface area contributed by atoms with Crippen LogP contribution in [-0.4, -0.2) is 38.9 Å². The predicted octanol–water partition coefficient (Wildman–Crippen LogP) is 0.309. The van der Waals surface area contributed by atoms with Gasteiger partial charge in [0.1, 0.15) is 0 Å². The van der Waals surface area contributed by atoms with Gasteiger partial charge in [0.05, 0.1) is 5.75 Å². The Morgan fingerprint density at radius 1 is 1.45 bits per heavy atom. The topological polar surface area (TPSA) is 92.5 Å². The van der Waals surface area contributed by atoms with E-state index in [-0.39, 0.29) is 17.7 Å². The smallest absolute Gasteiger partial charge is 0.222 e. The van der Waals surface area contributed by atoms with Gasteiger partial charge in [0.2, 0.25) is 15.9 Å². The van der Waals surface area contributed by atoms with E-state index in [1.54, 1.807) is 36.2 Å². The average molecular weight is 297 g/mol. The number of benzene rings is 1. The first-order valence-corrected chi connectivity index (χ1v) is 8.09. The molecule has 1 aromatic rings. The number of likely N-dealkylation sites (N-methyl/N-ethyl adjacent to an activating group) is 1. The summed E-state index contributed by atoms with van der Waals surface area (Å²) in [7, 11) is -1.75. The van der Waals surface area contributed by atoms with Gasteiger partial charge in [-0.1, -0.05) is 12.1 Å². The zero-order chi connectivity index (χ0) is 14.8. The number of anilines is 1. The number of nitrogens with zero attached hydrogens (tertiary/aromatic N) is 1. The number of hydrogen-bond acceptors (Lipinski definition) is 4. The van der Waals surface area contributed by atoms with Crippen LogP contribution in [0, 0.1) is 0 Å². The Morgan fingerprint density at radius 3 is 2.85 bits per heavy atom. The van der Waals surface area contributed by atoms with Crippen LogP contribution in [0.1, 0.15) is 18.4 Å². The molecule has 1 saturated heterocycles. The Hall–Kier alpha value is -1.60. The lowest BCUT2D eigenvalue weighted by molar-refractivity contribution is -0.132. The number of carbonyl (C=O) groups is 1. The van der Waals surface area contributed by atoms with Crippen LogP contribution in [0.5, 0.6) is 0 Å². The van der Waals surface area contributed by atoms with E-state index in [9.17, 15) is 13.2 Å². The lowest BCUT2D eigenvalue weighted by Crippen LogP contribution is -2.48. The van der Waals surface area contributed by atoms with Crippen molar-refractivity contribution in [3.63, 3.8) is 0 Å². The predicted molar refractivity (Wildman–Crippen MR) is 77.3 cm³/mol. The zero-order valence-electron chi connectivity index (χ0n) is 11.4. The molecule has 1 aliphatic heterocycles. The number of sulfonamides is 1. The molecule has 0 bridgehead atoms. The second-order valence-corrected chi connectivity index (χ2v) is 6.89. The third-order valence-electron chi connectivity index (χ3n) is 3.28. The largest absolute Gasteiger partial charge is 0.399 e. The third-order valence-corrected chi connectivity index (χ3v) is 4.69. The monoisotopic (exact) mass is 297 g/mol. The van der Waals surface area contributed by atoms with Crippen molar-refractivity contribution < 1.29 is 13.2 Å². The van der Waals surface area contributed by atoms with E-state index in [0.29, 0.717) is 30.6 Å². The minimum Gasteiger partial charge on any atom is -0.399 e. The number of likely N-dealkylation sites (tertiary alicyclic amines) is 1.